The summed E-state index contributed by atoms with van der Waals surface area (Å²) in [7, 11) is 0. The summed E-state index contributed by atoms with van der Waals surface area (Å²) in [5.41, 5.74) is -1.73. The lowest BCUT2D eigenvalue weighted by Crippen LogP contribution is -2.21. The molecule has 31 heavy (non-hydrogen) atoms. The lowest BCUT2D eigenvalue weighted by atomic mass is 10.2. The highest BCUT2D eigenvalue weighted by molar-refractivity contribution is 6.03. The Morgan fingerprint density at radius 1 is 0.968 bits per heavy atom. The normalized spacial score (nSPS) is 11.5. The Hall–Kier alpha value is -4.16. The third-order valence-electron chi connectivity index (χ3n) is 4.20. The molecule has 0 aliphatic carbocycles. The molecule has 0 aliphatic rings. The molecule has 4 rings (SSSR count). The van der Waals surface area contributed by atoms with Gasteiger partial charge in [-0.2, -0.15) is 17.9 Å². The van der Waals surface area contributed by atoms with E-state index in [0.29, 0.717) is 16.2 Å². The number of anilines is 1. The fourth-order valence-electron chi connectivity index (χ4n) is 2.83. The third kappa shape index (κ3) is 3.97. The molecular weight excluding hydrogens is 420 g/mol. The number of hydrogen-bond acceptors (Lipinski definition) is 6. The van der Waals surface area contributed by atoms with Crippen LogP contribution in [0.4, 0.5) is 23.2 Å². The van der Waals surface area contributed by atoms with Gasteiger partial charge in [0, 0.05) is 5.69 Å². The van der Waals surface area contributed by atoms with Crippen molar-refractivity contribution in [1.82, 2.24) is 35.2 Å². The summed E-state index contributed by atoms with van der Waals surface area (Å²) in [5, 5.41) is 20.3. The van der Waals surface area contributed by atoms with E-state index in [4.69, 9.17) is 0 Å². The second-order valence-electron chi connectivity index (χ2n) is 6.31. The van der Waals surface area contributed by atoms with Gasteiger partial charge in [0.05, 0.1) is 11.4 Å². The lowest BCUT2D eigenvalue weighted by molar-refractivity contribution is -0.143. The van der Waals surface area contributed by atoms with Crippen LogP contribution in [-0.2, 0) is 6.18 Å². The highest BCUT2D eigenvalue weighted by Crippen LogP contribution is 2.33. The van der Waals surface area contributed by atoms with Gasteiger partial charge < -0.3 is 5.32 Å². The second-order valence-corrected chi connectivity index (χ2v) is 6.31. The van der Waals surface area contributed by atoms with Crippen molar-refractivity contribution in [2.75, 3.05) is 5.32 Å². The molecule has 13 heteroatoms. The number of hydrogen-bond donors (Lipinski definition) is 1. The lowest BCUT2D eigenvalue weighted by Gasteiger charge is -2.11. The van der Waals surface area contributed by atoms with Crippen LogP contribution in [0.5, 0.6) is 0 Å². The minimum atomic E-state index is -4.95. The van der Waals surface area contributed by atoms with Crippen LogP contribution in [0.15, 0.2) is 48.5 Å². The van der Waals surface area contributed by atoms with Gasteiger partial charge in [-0.15, -0.1) is 10.2 Å². The Kier molecular flexibility index (Phi) is 4.93. The van der Waals surface area contributed by atoms with E-state index in [1.54, 1.807) is 19.1 Å². The smallest absolute Gasteiger partial charge is 0.320 e. The van der Waals surface area contributed by atoms with E-state index in [0.717, 1.165) is 24.3 Å². The van der Waals surface area contributed by atoms with Crippen LogP contribution in [0.25, 0.3) is 11.4 Å². The highest BCUT2D eigenvalue weighted by atomic mass is 19.4. The Bertz CT molecular complexity index is 1250. The van der Waals surface area contributed by atoms with Crippen LogP contribution < -0.4 is 5.32 Å². The van der Waals surface area contributed by atoms with E-state index in [2.05, 4.69) is 31.2 Å². The van der Waals surface area contributed by atoms with E-state index >= 15 is 0 Å². The molecule has 0 aliphatic heterocycles. The topological polar surface area (TPSA) is 103 Å². The molecule has 2 aromatic heterocycles. The maximum Gasteiger partial charge on any atom is 0.435 e. The molecule has 2 heterocycles. The van der Waals surface area contributed by atoms with Crippen LogP contribution in [0, 0.1) is 12.7 Å². The summed E-state index contributed by atoms with van der Waals surface area (Å²) in [6.07, 6.45) is -4.95. The molecule has 0 fully saturated rings. The largest absolute Gasteiger partial charge is 0.435 e. The van der Waals surface area contributed by atoms with Gasteiger partial charge in [0.1, 0.15) is 5.82 Å². The molecular formula is C18H12F4N8O. The van der Waals surface area contributed by atoms with Crippen molar-refractivity contribution < 1.29 is 22.4 Å². The van der Waals surface area contributed by atoms with Gasteiger partial charge in [-0.1, -0.05) is 11.3 Å². The molecule has 9 nitrogen and oxygen atoms in total. The fourth-order valence-corrected chi connectivity index (χ4v) is 2.83. The first-order valence-electron chi connectivity index (χ1n) is 8.69. The zero-order valence-corrected chi connectivity index (χ0v) is 15.7. The average Bonchev–Trinajstić information content (AvgIpc) is 3.35. The third-order valence-corrected chi connectivity index (χ3v) is 4.20. The van der Waals surface area contributed by atoms with Crippen molar-refractivity contribution in [3.05, 3.63) is 71.6 Å². The summed E-state index contributed by atoms with van der Waals surface area (Å²) in [5.74, 6) is -1.27. The van der Waals surface area contributed by atoms with Gasteiger partial charge in [0.2, 0.25) is 0 Å². The number of tetrazole rings is 1. The molecule has 158 valence electrons. The molecule has 0 radical (unpaired) electrons. The van der Waals surface area contributed by atoms with Gasteiger partial charge in [-0.3, -0.25) is 4.79 Å². The van der Waals surface area contributed by atoms with Gasteiger partial charge in [-0.25, -0.2) is 9.07 Å². The van der Waals surface area contributed by atoms with E-state index < -0.39 is 29.3 Å². The van der Waals surface area contributed by atoms with Crippen molar-refractivity contribution in [3.8, 4) is 11.4 Å². The first-order chi connectivity index (χ1) is 14.7. The first kappa shape index (κ1) is 20.1. The molecule has 0 saturated heterocycles. The van der Waals surface area contributed by atoms with Crippen LogP contribution in [0.1, 0.15) is 22.0 Å². The summed E-state index contributed by atoms with van der Waals surface area (Å²) >= 11 is 0. The average molecular weight is 432 g/mol. The summed E-state index contributed by atoms with van der Waals surface area (Å²) in [6, 6.07) is 10.3. The van der Waals surface area contributed by atoms with Gasteiger partial charge >= 0.3 is 6.18 Å². The predicted octanol–water partition coefficient (Wildman–Crippen LogP) is 2.96. The van der Waals surface area contributed by atoms with E-state index in [1.807, 2.05) is 0 Å². The van der Waals surface area contributed by atoms with Crippen molar-refractivity contribution in [2.45, 2.75) is 13.1 Å². The molecule has 2 aromatic carbocycles. The maximum atomic E-state index is 13.7. The number of aryl methyl sites for hydroxylation is 1. The van der Waals surface area contributed by atoms with Crippen molar-refractivity contribution in [3.63, 3.8) is 0 Å². The van der Waals surface area contributed by atoms with Crippen LogP contribution in [-0.4, -0.2) is 41.1 Å². The monoisotopic (exact) mass is 432 g/mol. The van der Waals surface area contributed by atoms with E-state index in [-0.39, 0.29) is 11.4 Å². The predicted molar refractivity (Wildman–Crippen MR) is 98.2 cm³/mol. The zero-order chi connectivity index (χ0) is 22.2. The number of benzene rings is 2. The highest BCUT2D eigenvalue weighted by Gasteiger charge is 2.42. The standard InChI is InChI=1S/C18H12F4N8O/c1-10-24-26-28-29(10)14-4-2-3-12(9-14)23-17(31)15-16(18(20,21)22)30(27-25-15)13-7-5-11(19)6-8-13/h2-9H,1H3,(H,23,31). The number of amides is 1. The molecule has 1 N–H and O–H groups in total. The quantitative estimate of drug-likeness (QED) is 0.498. The molecule has 1 amide bonds. The minimum absolute atomic E-state index is 0.101. The number of nitrogens with one attached hydrogen (secondary N) is 1. The Morgan fingerprint density at radius 2 is 1.71 bits per heavy atom. The second kappa shape index (κ2) is 7.59. The molecule has 0 spiro atoms. The summed E-state index contributed by atoms with van der Waals surface area (Å²) in [6.45, 7) is 1.66. The number of carbonyl (C=O) groups excluding carboxylic acids is 1. The fraction of sp³-hybridized carbons (Fsp3) is 0.111. The molecule has 4 aromatic rings. The molecule has 0 unspecified atom stereocenters. The Labute approximate surface area is 171 Å². The van der Waals surface area contributed by atoms with Crippen molar-refractivity contribution in [1.29, 1.82) is 0 Å². The zero-order valence-electron chi connectivity index (χ0n) is 15.7. The number of rotatable bonds is 4. The number of carbonyl (C=O) groups is 1. The van der Waals surface area contributed by atoms with Crippen molar-refractivity contribution >= 4 is 11.6 Å². The van der Waals surface area contributed by atoms with Gasteiger partial charge in [0.15, 0.2) is 17.2 Å². The number of aromatic nitrogens is 7. The van der Waals surface area contributed by atoms with E-state index in [9.17, 15) is 22.4 Å². The molecule has 0 atom stereocenters. The molecule has 0 bridgehead atoms. The maximum absolute atomic E-state index is 13.7. The van der Waals surface area contributed by atoms with Crippen LogP contribution in [0.3, 0.4) is 0 Å². The van der Waals surface area contributed by atoms with Gasteiger partial charge in [-0.05, 0) is 59.8 Å². The van der Waals surface area contributed by atoms with Crippen LogP contribution >= 0.6 is 0 Å². The van der Waals surface area contributed by atoms with Crippen molar-refractivity contribution in [2.24, 2.45) is 0 Å². The van der Waals surface area contributed by atoms with Crippen LogP contribution in [0.2, 0.25) is 0 Å². The Balaban J connectivity index is 1.68. The van der Waals surface area contributed by atoms with E-state index in [1.165, 1.54) is 16.8 Å². The Morgan fingerprint density at radius 3 is 2.35 bits per heavy atom. The number of halogens is 4. The number of alkyl halides is 3. The van der Waals surface area contributed by atoms with Gasteiger partial charge in [0.25, 0.3) is 5.91 Å². The first-order valence-corrected chi connectivity index (χ1v) is 8.69. The SMILES string of the molecule is Cc1nnnn1-c1cccc(NC(=O)c2nnn(-c3ccc(F)cc3)c2C(F)(F)F)c1. The minimum Gasteiger partial charge on any atom is -0.320 e. The summed E-state index contributed by atoms with van der Waals surface area (Å²) < 4.78 is 56.1. The molecule has 0 saturated carbocycles. The number of nitrogens with zero attached hydrogens (tertiary/aromatic N) is 7. The summed E-state index contributed by atoms with van der Waals surface area (Å²) in [4.78, 5) is 12.6.